The van der Waals surface area contributed by atoms with Gasteiger partial charge in [-0.3, -0.25) is 5.10 Å². The minimum atomic E-state index is -0.0676. The lowest BCUT2D eigenvalue weighted by Gasteiger charge is -2.33. The highest BCUT2D eigenvalue weighted by Gasteiger charge is 2.26. The summed E-state index contributed by atoms with van der Waals surface area (Å²) in [5.74, 6) is 1.39. The second-order valence-electron chi connectivity index (χ2n) is 7.02. The van der Waals surface area contributed by atoms with E-state index in [-0.39, 0.29) is 11.0 Å². The maximum atomic E-state index is 4.51. The van der Waals surface area contributed by atoms with Gasteiger partial charge < -0.3 is 10.6 Å². The Morgan fingerprint density at radius 1 is 1.15 bits per heavy atom. The number of nitrogens with one attached hydrogen (secondary N) is 3. The molecule has 2 rings (SSSR count). The molecule has 0 spiro atoms. The van der Waals surface area contributed by atoms with Gasteiger partial charge in [0.05, 0.1) is 11.6 Å². The molecule has 0 aromatic carbocycles. The van der Waals surface area contributed by atoms with Gasteiger partial charge in [0.1, 0.15) is 5.82 Å². The Kier molecular flexibility index (Phi) is 3.58. The first-order valence-electron chi connectivity index (χ1n) is 6.87. The fourth-order valence-corrected chi connectivity index (χ4v) is 2.73. The van der Waals surface area contributed by atoms with Gasteiger partial charge in [0, 0.05) is 12.6 Å². The van der Waals surface area contributed by atoms with Crippen molar-refractivity contribution in [3.05, 3.63) is 6.20 Å². The summed E-state index contributed by atoms with van der Waals surface area (Å²) in [6.45, 7) is 11.1. The van der Waals surface area contributed by atoms with E-state index < -0.39 is 0 Å². The van der Waals surface area contributed by atoms with Crippen LogP contribution in [-0.4, -0.2) is 32.8 Å². The summed E-state index contributed by atoms with van der Waals surface area (Å²) >= 11 is 0. The number of anilines is 2. The van der Waals surface area contributed by atoms with Crippen LogP contribution in [-0.2, 0) is 0 Å². The molecule has 0 amide bonds. The predicted octanol–water partition coefficient (Wildman–Crippen LogP) is 3.02. The molecule has 6 nitrogen and oxygen atoms in total. The summed E-state index contributed by atoms with van der Waals surface area (Å²) in [6, 6.07) is 0. The zero-order chi connectivity index (χ0) is 15.0. The molecule has 0 radical (unpaired) electrons. The van der Waals surface area contributed by atoms with Crippen LogP contribution in [0.3, 0.4) is 0 Å². The van der Waals surface area contributed by atoms with Crippen LogP contribution in [0.15, 0.2) is 6.20 Å². The van der Waals surface area contributed by atoms with Gasteiger partial charge in [-0.05, 0) is 25.7 Å². The van der Waals surface area contributed by atoms with Crippen molar-refractivity contribution >= 4 is 22.8 Å². The minimum Gasteiger partial charge on any atom is -0.364 e. The van der Waals surface area contributed by atoms with E-state index in [0.29, 0.717) is 5.95 Å². The molecule has 2 aromatic rings. The smallest absolute Gasteiger partial charge is 0.226 e. The molecule has 0 aliphatic carbocycles. The molecule has 0 aliphatic rings. The Hall–Kier alpha value is -1.85. The van der Waals surface area contributed by atoms with E-state index in [0.717, 1.165) is 23.3 Å². The minimum absolute atomic E-state index is 0.0676. The Morgan fingerprint density at radius 3 is 2.45 bits per heavy atom. The molecular formula is C14H24N6. The van der Waals surface area contributed by atoms with Crippen LogP contribution < -0.4 is 10.6 Å². The van der Waals surface area contributed by atoms with Crippen LogP contribution >= 0.6 is 0 Å². The predicted molar refractivity (Wildman–Crippen MR) is 83.0 cm³/mol. The SMILES string of the molecule is CNc1nc(NC(C)(C)CC(C)(C)C)c2cn[nH]c2n1. The largest absolute Gasteiger partial charge is 0.364 e. The number of hydrogen-bond donors (Lipinski definition) is 3. The van der Waals surface area contributed by atoms with E-state index in [9.17, 15) is 0 Å². The number of aromatic nitrogens is 4. The lowest BCUT2D eigenvalue weighted by molar-refractivity contribution is 0.302. The fraction of sp³-hybridized carbons (Fsp3) is 0.643. The number of aromatic amines is 1. The molecule has 0 unspecified atom stereocenters. The number of nitrogens with zero attached hydrogens (tertiary/aromatic N) is 3. The first-order valence-corrected chi connectivity index (χ1v) is 6.87. The summed E-state index contributed by atoms with van der Waals surface area (Å²) in [5.41, 5.74) is 0.908. The van der Waals surface area contributed by atoms with Gasteiger partial charge in [-0.1, -0.05) is 20.8 Å². The summed E-state index contributed by atoms with van der Waals surface area (Å²) in [5, 5.41) is 14.3. The Labute approximate surface area is 119 Å². The van der Waals surface area contributed by atoms with Gasteiger partial charge in [0.2, 0.25) is 5.95 Å². The summed E-state index contributed by atoms with van der Waals surface area (Å²) in [7, 11) is 1.81. The van der Waals surface area contributed by atoms with E-state index in [1.807, 2.05) is 7.05 Å². The Bertz CT molecular complexity index is 593. The quantitative estimate of drug-likeness (QED) is 0.800. The zero-order valence-electron chi connectivity index (χ0n) is 13.1. The molecule has 110 valence electrons. The van der Waals surface area contributed by atoms with Crippen molar-refractivity contribution in [2.45, 2.75) is 46.6 Å². The molecule has 0 atom stereocenters. The summed E-state index contributed by atoms with van der Waals surface area (Å²) in [6.07, 6.45) is 2.78. The molecular weight excluding hydrogens is 252 g/mol. The number of H-pyrrole nitrogens is 1. The Balaban J connectivity index is 2.35. The fourth-order valence-electron chi connectivity index (χ4n) is 2.73. The number of rotatable bonds is 4. The zero-order valence-corrected chi connectivity index (χ0v) is 13.1. The van der Waals surface area contributed by atoms with E-state index in [1.54, 1.807) is 6.20 Å². The van der Waals surface area contributed by atoms with Crippen molar-refractivity contribution in [3.8, 4) is 0 Å². The molecule has 2 heterocycles. The van der Waals surface area contributed by atoms with Crippen LogP contribution in [0, 0.1) is 5.41 Å². The molecule has 0 aliphatic heterocycles. The topological polar surface area (TPSA) is 78.5 Å². The Morgan fingerprint density at radius 2 is 1.85 bits per heavy atom. The van der Waals surface area contributed by atoms with E-state index in [2.05, 4.69) is 65.4 Å². The second-order valence-corrected chi connectivity index (χ2v) is 7.02. The average molecular weight is 276 g/mol. The third-order valence-electron chi connectivity index (χ3n) is 2.96. The second kappa shape index (κ2) is 4.92. The molecule has 0 bridgehead atoms. The molecule has 2 aromatic heterocycles. The normalized spacial score (nSPS) is 12.7. The van der Waals surface area contributed by atoms with Crippen molar-refractivity contribution < 1.29 is 0 Å². The van der Waals surface area contributed by atoms with Crippen LogP contribution in [0.2, 0.25) is 0 Å². The lowest BCUT2D eigenvalue weighted by Crippen LogP contribution is -2.35. The number of fused-ring (bicyclic) bond motifs is 1. The van der Waals surface area contributed by atoms with Gasteiger partial charge in [0.25, 0.3) is 0 Å². The summed E-state index contributed by atoms with van der Waals surface area (Å²) in [4.78, 5) is 8.85. The van der Waals surface area contributed by atoms with Crippen LogP contribution in [0.25, 0.3) is 11.0 Å². The maximum Gasteiger partial charge on any atom is 0.226 e. The van der Waals surface area contributed by atoms with Gasteiger partial charge in [-0.25, -0.2) is 0 Å². The monoisotopic (exact) mass is 276 g/mol. The first kappa shape index (κ1) is 14.6. The van der Waals surface area contributed by atoms with Crippen LogP contribution in [0.1, 0.15) is 41.0 Å². The van der Waals surface area contributed by atoms with Gasteiger partial charge in [-0.15, -0.1) is 0 Å². The van der Waals surface area contributed by atoms with Crippen molar-refractivity contribution in [2.75, 3.05) is 17.7 Å². The molecule has 6 heteroatoms. The molecule has 0 fully saturated rings. The highest BCUT2D eigenvalue weighted by Crippen LogP contribution is 2.31. The van der Waals surface area contributed by atoms with E-state index >= 15 is 0 Å². The molecule has 0 saturated heterocycles. The lowest BCUT2D eigenvalue weighted by atomic mass is 9.82. The average Bonchev–Trinajstić information content (AvgIpc) is 2.72. The maximum absolute atomic E-state index is 4.51. The van der Waals surface area contributed by atoms with E-state index in [1.165, 1.54) is 0 Å². The van der Waals surface area contributed by atoms with Gasteiger partial charge in [0.15, 0.2) is 5.65 Å². The first-order chi connectivity index (χ1) is 9.20. The standard InChI is InChI=1S/C14H24N6/c1-13(2,3)8-14(4,5)19-10-9-7-16-20-11(9)18-12(15-6)17-10/h7H,8H2,1-6H3,(H3,15,16,17,18,19,20). The summed E-state index contributed by atoms with van der Waals surface area (Å²) < 4.78 is 0. The van der Waals surface area contributed by atoms with Crippen LogP contribution in [0.4, 0.5) is 11.8 Å². The van der Waals surface area contributed by atoms with Gasteiger partial charge >= 0.3 is 0 Å². The number of hydrogen-bond acceptors (Lipinski definition) is 5. The van der Waals surface area contributed by atoms with Crippen LogP contribution in [0.5, 0.6) is 0 Å². The van der Waals surface area contributed by atoms with Crippen molar-refractivity contribution in [3.63, 3.8) is 0 Å². The van der Waals surface area contributed by atoms with Crippen molar-refractivity contribution in [2.24, 2.45) is 5.41 Å². The highest BCUT2D eigenvalue weighted by atomic mass is 15.2. The molecule has 0 saturated carbocycles. The molecule has 3 N–H and O–H groups in total. The van der Waals surface area contributed by atoms with Gasteiger partial charge in [-0.2, -0.15) is 15.1 Å². The third kappa shape index (κ3) is 3.37. The molecule has 20 heavy (non-hydrogen) atoms. The van der Waals surface area contributed by atoms with Crippen molar-refractivity contribution in [1.29, 1.82) is 0 Å². The highest BCUT2D eigenvalue weighted by molar-refractivity contribution is 5.87. The van der Waals surface area contributed by atoms with Crippen molar-refractivity contribution in [1.82, 2.24) is 20.2 Å². The van der Waals surface area contributed by atoms with E-state index in [4.69, 9.17) is 0 Å². The third-order valence-corrected chi connectivity index (χ3v) is 2.96.